The van der Waals surface area contributed by atoms with Crippen molar-refractivity contribution in [3.8, 4) is 0 Å². The van der Waals surface area contributed by atoms with E-state index >= 15 is 0 Å². The Hall–Kier alpha value is -2.31. The van der Waals surface area contributed by atoms with Gasteiger partial charge in [-0.05, 0) is 57.1 Å². The molecule has 1 saturated carbocycles. The molecular formula is C19H29N3O4. The minimum absolute atomic E-state index is 0.0603. The van der Waals surface area contributed by atoms with Gasteiger partial charge in [0.25, 0.3) is 0 Å². The van der Waals surface area contributed by atoms with Gasteiger partial charge in [0, 0.05) is 13.1 Å². The van der Waals surface area contributed by atoms with Crippen LogP contribution in [0.2, 0.25) is 0 Å². The Morgan fingerprint density at radius 1 is 1.31 bits per heavy atom. The van der Waals surface area contributed by atoms with Crippen molar-refractivity contribution in [2.24, 2.45) is 5.92 Å². The van der Waals surface area contributed by atoms with Crippen LogP contribution in [0.15, 0.2) is 18.5 Å². The number of aromatic nitrogens is 1. The molecule has 3 N–H and O–H groups in total. The van der Waals surface area contributed by atoms with E-state index in [1.54, 1.807) is 33.2 Å². The van der Waals surface area contributed by atoms with Crippen molar-refractivity contribution in [2.45, 2.75) is 71.1 Å². The highest BCUT2D eigenvalue weighted by molar-refractivity contribution is 5.69. The van der Waals surface area contributed by atoms with Gasteiger partial charge in [-0.15, -0.1) is 0 Å². The number of nitrogens with two attached hydrogens (primary N) is 1. The predicted octanol–water partition coefficient (Wildman–Crippen LogP) is 3.00. The van der Waals surface area contributed by atoms with Crippen LogP contribution >= 0.6 is 0 Å². The summed E-state index contributed by atoms with van der Waals surface area (Å²) in [4.78, 5) is 27.8. The SMILES string of the molecule is CC(=O)O[C@@H]1[C@@H](C)C[C@@H](c2ccncc2N)C[C@H]1NC(=O)OC(C)(C)C. The highest BCUT2D eigenvalue weighted by Crippen LogP contribution is 2.39. The first-order chi connectivity index (χ1) is 12.1. The minimum atomic E-state index is -0.601. The smallest absolute Gasteiger partial charge is 0.408 e. The summed E-state index contributed by atoms with van der Waals surface area (Å²) in [6.07, 6.45) is 3.84. The van der Waals surface area contributed by atoms with Gasteiger partial charge in [0.05, 0.1) is 17.9 Å². The summed E-state index contributed by atoms with van der Waals surface area (Å²) in [6, 6.07) is 1.55. The Bertz CT molecular complexity index is 656. The van der Waals surface area contributed by atoms with Gasteiger partial charge in [0.2, 0.25) is 0 Å². The number of pyridine rings is 1. The van der Waals surface area contributed by atoms with Gasteiger partial charge in [-0.3, -0.25) is 9.78 Å². The zero-order valence-corrected chi connectivity index (χ0v) is 16.1. The molecule has 7 nitrogen and oxygen atoms in total. The van der Waals surface area contributed by atoms with Crippen molar-refractivity contribution < 1.29 is 19.1 Å². The van der Waals surface area contributed by atoms with Gasteiger partial charge in [0.15, 0.2) is 0 Å². The van der Waals surface area contributed by atoms with E-state index in [4.69, 9.17) is 15.2 Å². The number of carbonyl (C=O) groups is 2. The second-order valence-electron chi connectivity index (χ2n) is 7.98. The normalized spacial score (nSPS) is 26.0. The van der Waals surface area contributed by atoms with Crippen LogP contribution in [0.25, 0.3) is 0 Å². The summed E-state index contributed by atoms with van der Waals surface area (Å²) in [5, 5.41) is 2.89. The molecule has 7 heteroatoms. The van der Waals surface area contributed by atoms with E-state index < -0.39 is 17.8 Å². The molecule has 1 aliphatic carbocycles. The van der Waals surface area contributed by atoms with Crippen LogP contribution in [0.1, 0.15) is 58.9 Å². The monoisotopic (exact) mass is 363 g/mol. The maximum Gasteiger partial charge on any atom is 0.408 e. The quantitative estimate of drug-likeness (QED) is 0.800. The molecule has 0 unspecified atom stereocenters. The lowest BCUT2D eigenvalue weighted by Gasteiger charge is -2.40. The Balaban J connectivity index is 2.21. The first-order valence-electron chi connectivity index (χ1n) is 8.93. The molecule has 4 atom stereocenters. The number of nitrogens with zero attached hydrogens (tertiary/aromatic N) is 1. The van der Waals surface area contributed by atoms with Crippen molar-refractivity contribution in [3.05, 3.63) is 24.0 Å². The summed E-state index contributed by atoms with van der Waals surface area (Å²) in [5.74, 6) is -0.162. The molecule has 1 aromatic heterocycles. The predicted molar refractivity (Wildman–Crippen MR) is 98.5 cm³/mol. The number of amides is 1. The Labute approximate surface area is 154 Å². The summed E-state index contributed by atoms with van der Waals surface area (Å²) < 4.78 is 10.9. The standard InChI is InChI=1S/C19H29N3O4/c1-11-8-13(14-6-7-21-10-15(14)20)9-16(17(11)25-12(2)23)22-18(24)26-19(3,4)5/h6-7,10-11,13,16-17H,8-9,20H2,1-5H3,(H,22,24)/t11-,13+,16+,17+/m0/s1. The van der Waals surface area contributed by atoms with Crippen LogP contribution in [-0.2, 0) is 14.3 Å². The average Bonchev–Trinajstić information content (AvgIpc) is 2.48. The number of rotatable bonds is 3. The Morgan fingerprint density at radius 2 is 2.00 bits per heavy atom. The number of hydrogen-bond donors (Lipinski definition) is 2. The third kappa shape index (κ3) is 5.34. The fourth-order valence-corrected chi connectivity index (χ4v) is 3.55. The maximum atomic E-state index is 12.3. The van der Waals surface area contributed by atoms with Gasteiger partial charge in [-0.1, -0.05) is 6.92 Å². The Morgan fingerprint density at radius 3 is 2.58 bits per heavy atom. The number of hydrogen-bond acceptors (Lipinski definition) is 6. The second kappa shape index (κ2) is 7.93. The van der Waals surface area contributed by atoms with Gasteiger partial charge in [0.1, 0.15) is 11.7 Å². The lowest BCUT2D eigenvalue weighted by molar-refractivity contribution is -0.152. The van der Waals surface area contributed by atoms with E-state index in [-0.39, 0.29) is 23.8 Å². The molecular weight excluding hydrogens is 334 g/mol. The number of nitrogen functional groups attached to an aromatic ring is 1. The average molecular weight is 363 g/mol. The summed E-state index contributed by atoms with van der Waals surface area (Å²) >= 11 is 0. The molecule has 1 aliphatic rings. The number of anilines is 1. The third-order valence-corrected chi connectivity index (χ3v) is 4.48. The van der Waals surface area contributed by atoms with E-state index in [1.165, 1.54) is 6.92 Å². The molecule has 1 fully saturated rings. The molecule has 1 amide bonds. The third-order valence-electron chi connectivity index (χ3n) is 4.48. The zero-order chi connectivity index (χ0) is 19.5. The lowest BCUT2D eigenvalue weighted by atomic mass is 9.74. The molecule has 0 spiro atoms. The fraction of sp³-hybridized carbons (Fsp3) is 0.632. The largest absolute Gasteiger partial charge is 0.460 e. The summed E-state index contributed by atoms with van der Waals surface area (Å²) in [5.41, 5.74) is 7.12. The molecule has 0 bridgehead atoms. The van der Waals surface area contributed by atoms with Crippen LogP contribution in [0.5, 0.6) is 0 Å². The number of ether oxygens (including phenoxy) is 2. The van der Waals surface area contributed by atoms with E-state index in [2.05, 4.69) is 10.3 Å². The van der Waals surface area contributed by atoms with Gasteiger partial charge in [-0.2, -0.15) is 0 Å². The van der Waals surface area contributed by atoms with Gasteiger partial charge in [-0.25, -0.2) is 4.79 Å². The molecule has 1 aromatic rings. The molecule has 0 aromatic carbocycles. The second-order valence-corrected chi connectivity index (χ2v) is 7.98. The van der Waals surface area contributed by atoms with Crippen LogP contribution in [0.3, 0.4) is 0 Å². The molecule has 0 radical (unpaired) electrons. The number of nitrogens with one attached hydrogen (secondary N) is 1. The lowest BCUT2D eigenvalue weighted by Crippen LogP contribution is -2.52. The molecule has 26 heavy (non-hydrogen) atoms. The van der Waals surface area contributed by atoms with E-state index in [0.717, 1.165) is 12.0 Å². The van der Waals surface area contributed by atoms with Crippen LogP contribution in [-0.4, -0.2) is 34.8 Å². The van der Waals surface area contributed by atoms with E-state index in [1.807, 2.05) is 13.0 Å². The van der Waals surface area contributed by atoms with E-state index in [0.29, 0.717) is 12.1 Å². The van der Waals surface area contributed by atoms with Gasteiger partial charge < -0.3 is 20.5 Å². The topological polar surface area (TPSA) is 104 Å². The molecule has 0 aliphatic heterocycles. The maximum absolute atomic E-state index is 12.3. The number of alkyl carbamates (subject to hydrolysis) is 1. The minimum Gasteiger partial charge on any atom is -0.460 e. The van der Waals surface area contributed by atoms with Crippen molar-refractivity contribution >= 4 is 17.7 Å². The molecule has 144 valence electrons. The van der Waals surface area contributed by atoms with Crippen molar-refractivity contribution in [3.63, 3.8) is 0 Å². The number of esters is 1. The van der Waals surface area contributed by atoms with E-state index in [9.17, 15) is 9.59 Å². The number of carbonyl (C=O) groups excluding carboxylic acids is 2. The molecule has 2 rings (SSSR count). The van der Waals surface area contributed by atoms with Crippen molar-refractivity contribution in [2.75, 3.05) is 5.73 Å². The van der Waals surface area contributed by atoms with Crippen LogP contribution in [0, 0.1) is 5.92 Å². The molecule has 1 heterocycles. The summed E-state index contributed by atoms with van der Waals surface area (Å²) in [7, 11) is 0. The van der Waals surface area contributed by atoms with Crippen molar-refractivity contribution in [1.29, 1.82) is 0 Å². The van der Waals surface area contributed by atoms with Crippen LogP contribution < -0.4 is 11.1 Å². The highest BCUT2D eigenvalue weighted by Gasteiger charge is 2.40. The molecule has 0 saturated heterocycles. The van der Waals surface area contributed by atoms with Gasteiger partial charge >= 0.3 is 12.1 Å². The van der Waals surface area contributed by atoms with Crippen LogP contribution in [0.4, 0.5) is 10.5 Å². The Kier molecular flexibility index (Phi) is 6.10. The first-order valence-corrected chi connectivity index (χ1v) is 8.93. The highest BCUT2D eigenvalue weighted by atomic mass is 16.6. The fourth-order valence-electron chi connectivity index (χ4n) is 3.55. The zero-order valence-electron chi connectivity index (χ0n) is 16.1. The first kappa shape index (κ1) is 20.0. The van der Waals surface area contributed by atoms with Crippen molar-refractivity contribution in [1.82, 2.24) is 10.3 Å². The summed E-state index contributed by atoms with van der Waals surface area (Å²) in [6.45, 7) is 8.81.